The molecule has 0 amide bonds. The number of fused-ring (bicyclic) bond motifs is 1. The maximum Gasteiger partial charge on any atom is 0.243 e. The van der Waals surface area contributed by atoms with Gasteiger partial charge < -0.3 is 4.74 Å². The minimum atomic E-state index is -3.52. The second-order valence-electron chi connectivity index (χ2n) is 6.38. The predicted octanol–water partition coefficient (Wildman–Crippen LogP) is 3.62. The van der Waals surface area contributed by atoms with Crippen LogP contribution in [-0.2, 0) is 16.4 Å². The highest BCUT2D eigenvalue weighted by Gasteiger charge is 2.34. The van der Waals surface area contributed by atoms with Gasteiger partial charge in [0.1, 0.15) is 5.75 Å². The first kappa shape index (κ1) is 17.0. The zero-order valence-corrected chi connectivity index (χ0v) is 15.4. The molecule has 0 N–H and O–H groups in total. The van der Waals surface area contributed by atoms with Gasteiger partial charge in [0.05, 0.1) is 12.0 Å². The summed E-state index contributed by atoms with van der Waals surface area (Å²) in [6.45, 7) is 6.20. The fraction of sp³-hybridized carbons (Fsp3) is 0.368. The van der Waals surface area contributed by atoms with Crippen molar-refractivity contribution in [1.29, 1.82) is 0 Å². The first-order chi connectivity index (χ1) is 11.3. The largest absolute Gasteiger partial charge is 0.497 e. The average Bonchev–Trinajstić information content (AvgIpc) is 2.56. The van der Waals surface area contributed by atoms with Gasteiger partial charge in [-0.15, -0.1) is 0 Å². The molecular weight excluding hydrogens is 322 g/mol. The molecule has 0 aliphatic carbocycles. The van der Waals surface area contributed by atoms with Crippen LogP contribution in [0.15, 0.2) is 41.3 Å². The van der Waals surface area contributed by atoms with Crippen molar-refractivity contribution < 1.29 is 13.2 Å². The molecule has 1 atom stereocenters. The number of methoxy groups -OCH3 is 1. The summed E-state index contributed by atoms with van der Waals surface area (Å²) in [5.74, 6) is 0.812. The van der Waals surface area contributed by atoms with Gasteiger partial charge in [-0.05, 0) is 67.6 Å². The standard InChI is InChI=1S/C19H23NO3S/c1-13-5-6-14(2)19(11-13)24(21,22)20-10-9-16-12-17(23-4)7-8-18(16)15(20)3/h5-8,11-12,15H,9-10H2,1-4H3. The van der Waals surface area contributed by atoms with Gasteiger partial charge in [0.25, 0.3) is 0 Å². The van der Waals surface area contributed by atoms with E-state index in [0.717, 1.165) is 28.0 Å². The van der Waals surface area contributed by atoms with Crippen LogP contribution in [0.25, 0.3) is 0 Å². The van der Waals surface area contributed by atoms with Crippen LogP contribution < -0.4 is 4.74 Å². The summed E-state index contributed by atoms with van der Waals surface area (Å²) < 4.78 is 33.3. The molecule has 0 aromatic heterocycles. The van der Waals surface area contributed by atoms with Crippen LogP contribution in [0.4, 0.5) is 0 Å². The van der Waals surface area contributed by atoms with Crippen LogP contribution >= 0.6 is 0 Å². The van der Waals surface area contributed by atoms with Crippen LogP contribution in [0.1, 0.15) is 35.2 Å². The maximum absolute atomic E-state index is 13.2. The molecule has 1 unspecified atom stereocenters. The van der Waals surface area contributed by atoms with Gasteiger partial charge in [-0.3, -0.25) is 0 Å². The lowest BCUT2D eigenvalue weighted by Crippen LogP contribution is -2.39. The van der Waals surface area contributed by atoms with Crippen molar-refractivity contribution >= 4 is 10.0 Å². The van der Waals surface area contributed by atoms with Crippen molar-refractivity contribution in [3.05, 3.63) is 58.7 Å². The molecule has 4 nitrogen and oxygen atoms in total. The number of hydrogen-bond acceptors (Lipinski definition) is 3. The van der Waals surface area contributed by atoms with Gasteiger partial charge in [-0.1, -0.05) is 18.2 Å². The molecule has 0 radical (unpaired) electrons. The second-order valence-corrected chi connectivity index (χ2v) is 8.23. The fourth-order valence-corrected chi connectivity index (χ4v) is 5.28. The summed E-state index contributed by atoms with van der Waals surface area (Å²) in [5.41, 5.74) is 3.95. The molecule has 2 aromatic rings. The van der Waals surface area contributed by atoms with Crippen LogP contribution in [-0.4, -0.2) is 26.4 Å². The zero-order chi connectivity index (χ0) is 17.5. The summed E-state index contributed by atoms with van der Waals surface area (Å²) in [7, 11) is -1.88. The first-order valence-electron chi connectivity index (χ1n) is 8.10. The van der Waals surface area contributed by atoms with E-state index < -0.39 is 10.0 Å². The molecule has 0 fully saturated rings. The smallest absolute Gasteiger partial charge is 0.243 e. The monoisotopic (exact) mass is 345 g/mol. The van der Waals surface area contributed by atoms with E-state index in [9.17, 15) is 8.42 Å². The summed E-state index contributed by atoms with van der Waals surface area (Å²) in [6, 6.07) is 11.3. The van der Waals surface area contributed by atoms with Crippen LogP contribution in [0, 0.1) is 13.8 Å². The lowest BCUT2D eigenvalue weighted by atomic mass is 9.95. The van der Waals surface area contributed by atoms with E-state index in [1.165, 1.54) is 0 Å². The van der Waals surface area contributed by atoms with Gasteiger partial charge in [-0.2, -0.15) is 4.31 Å². The molecular formula is C19H23NO3S. The third kappa shape index (κ3) is 2.82. The van der Waals surface area contributed by atoms with Crippen molar-refractivity contribution in [1.82, 2.24) is 4.31 Å². The summed E-state index contributed by atoms with van der Waals surface area (Å²) >= 11 is 0. The fourth-order valence-electron chi connectivity index (χ4n) is 3.35. The van der Waals surface area contributed by atoms with E-state index in [1.807, 2.05) is 51.1 Å². The van der Waals surface area contributed by atoms with E-state index in [2.05, 4.69) is 0 Å². The first-order valence-corrected chi connectivity index (χ1v) is 9.54. The Morgan fingerprint density at radius 3 is 2.58 bits per heavy atom. The Bertz CT molecular complexity index is 874. The third-order valence-electron chi connectivity index (χ3n) is 4.76. The summed E-state index contributed by atoms with van der Waals surface area (Å²) in [4.78, 5) is 0.409. The highest BCUT2D eigenvalue weighted by atomic mass is 32.2. The van der Waals surface area contributed by atoms with E-state index in [-0.39, 0.29) is 6.04 Å². The molecule has 0 saturated heterocycles. The quantitative estimate of drug-likeness (QED) is 0.853. The Hall–Kier alpha value is -1.85. The molecule has 5 heteroatoms. The topological polar surface area (TPSA) is 46.6 Å². The molecule has 2 aromatic carbocycles. The Balaban J connectivity index is 2.02. The highest BCUT2D eigenvalue weighted by molar-refractivity contribution is 7.89. The van der Waals surface area contributed by atoms with Crippen molar-refractivity contribution in [2.45, 2.75) is 38.1 Å². The molecule has 1 aliphatic heterocycles. The van der Waals surface area contributed by atoms with Crippen LogP contribution in [0.5, 0.6) is 5.75 Å². The SMILES string of the molecule is COc1ccc2c(c1)CCN(S(=O)(=O)c1cc(C)ccc1C)C2C. The van der Waals surface area contributed by atoms with Crippen molar-refractivity contribution in [3.63, 3.8) is 0 Å². The Morgan fingerprint density at radius 2 is 1.88 bits per heavy atom. The molecule has 24 heavy (non-hydrogen) atoms. The minimum absolute atomic E-state index is 0.190. The number of rotatable bonds is 3. The van der Waals surface area contributed by atoms with Gasteiger partial charge in [0.2, 0.25) is 10.0 Å². The van der Waals surface area contributed by atoms with E-state index >= 15 is 0 Å². The highest BCUT2D eigenvalue weighted by Crippen LogP contribution is 2.36. The van der Waals surface area contributed by atoms with E-state index in [1.54, 1.807) is 17.5 Å². The Kier molecular flexibility index (Phi) is 4.40. The number of hydrogen-bond donors (Lipinski definition) is 0. The summed E-state index contributed by atoms with van der Waals surface area (Å²) in [6.07, 6.45) is 0.695. The number of sulfonamides is 1. The summed E-state index contributed by atoms with van der Waals surface area (Å²) in [5, 5.41) is 0. The lowest BCUT2D eigenvalue weighted by Gasteiger charge is -2.34. The second kappa shape index (κ2) is 6.22. The van der Waals surface area contributed by atoms with Crippen LogP contribution in [0.3, 0.4) is 0 Å². The van der Waals surface area contributed by atoms with Crippen molar-refractivity contribution in [2.75, 3.05) is 13.7 Å². The number of benzene rings is 2. The average molecular weight is 345 g/mol. The molecule has 0 bridgehead atoms. The Morgan fingerprint density at radius 1 is 1.12 bits per heavy atom. The van der Waals surface area contributed by atoms with Gasteiger partial charge >= 0.3 is 0 Å². The predicted molar refractivity (Wildman–Crippen MR) is 94.9 cm³/mol. The molecule has 0 spiro atoms. The zero-order valence-electron chi connectivity index (χ0n) is 14.5. The van der Waals surface area contributed by atoms with E-state index in [4.69, 9.17) is 4.74 Å². The number of nitrogens with zero attached hydrogens (tertiary/aromatic N) is 1. The molecule has 1 heterocycles. The van der Waals surface area contributed by atoms with Gasteiger partial charge in [0, 0.05) is 12.6 Å². The molecule has 0 saturated carbocycles. The van der Waals surface area contributed by atoms with Crippen molar-refractivity contribution in [3.8, 4) is 5.75 Å². The number of ether oxygens (including phenoxy) is 1. The van der Waals surface area contributed by atoms with E-state index in [0.29, 0.717) is 17.9 Å². The molecule has 128 valence electrons. The number of aryl methyl sites for hydroxylation is 2. The van der Waals surface area contributed by atoms with Gasteiger partial charge in [-0.25, -0.2) is 8.42 Å². The molecule has 1 aliphatic rings. The maximum atomic E-state index is 13.2. The molecule has 3 rings (SSSR count). The minimum Gasteiger partial charge on any atom is -0.497 e. The van der Waals surface area contributed by atoms with Crippen molar-refractivity contribution in [2.24, 2.45) is 0 Å². The van der Waals surface area contributed by atoms with Crippen LogP contribution in [0.2, 0.25) is 0 Å². The van der Waals surface area contributed by atoms with Gasteiger partial charge in [0.15, 0.2) is 0 Å². The normalized spacial score (nSPS) is 18.2. The third-order valence-corrected chi connectivity index (χ3v) is 6.88. The lowest BCUT2D eigenvalue weighted by molar-refractivity contribution is 0.325. The Labute approximate surface area is 144 Å².